The van der Waals surface area contributed by atoms with Gasteiger partial charge in [0.1, 0.15) is 11.2 Å². The Bertz CT molecular complexity index is 1520. The number of likely N-dealkylation sites (tertiary alicyclic amines) is 1. The van der Waals surface area contributed by atoms with Crippen molar-refractivity contribution in [1.82, 2.24) is 20.5 Å². The maximum Gasteiger partial charge on any atom is 0.240 e. The molecular formula is C31H36FN5O6. The monoisotopic (exact) mass is 593 g/mol. The number of halogens is 1. The zero-order chi connectivity index (χ0) is 30.6. The van der Waals surface area contributed by atoms with E-state index >= 15 is 4.39 Å². The van der Waals surface area contributed by atoms with E-state index in [-0.39, 0.29) is 23.3 Å². The molecular weight excluding hydrogens is 557 g/mol. The fourth-order valence-corrected chi connectivity index (χ4v) is 5.24. The van der Waals surface area contributed by atoms with E-state index in [9.17, 15) is 14.4 Å². The van der Waals surface area contributed by atoms with Crippen molar-refractivity contribution < 1.29 is 33.0 Å². The lowest BCUT2D eigenvalue weighted by Gasteiger charge is -2.31. The number of methoxy groups -OCH3 is 1. The molecule has 1 saturated carbocycles. The van der Waals surface area contributed by atoms with Gasteiger partial charge in [-0.15, -0.1) is 0 Å². The molecule has 1 aliphatic carbocycles. The zero-order valence-corrected chi connectivity index (χ0v) is 24.5. The number of fused-ring (bicyclic) bond motifs is 1. The van der Waals surface area contributed by atoms with Crippen molar-refractivity contribution in [1.29, 1.82) is 0 Å². The van der Waals surface area contributed by atoms with Gasteiger partial charge in [0.15, 0.2) is 23.1 Å². The van der Waals surface area contributed by atoms with Crippen LogP contribution in [0.5, 0.6) is 23.0 Å². The van der Waals surface area contributed by atoms with Gasteiger partial charge in [-0.2, -0.15) is 0 Å². The second-order valence-corrected chi connectivity index (χ2v) is 10.9. The SMILES string of the molecule is CNC(=O)CN1CCC(COc2cc3nccc(Oc4ccc(NC(=O)C5(C(=O)NC)CC5)cc4F)c3cc2OC)CC1. The van der Waals surface area contributed by atoms with E-state index < -0.39 is 17.1 Å². The van der Waals surface area contributed by atoms with E-state index in [2.05, 4.69) is 25.8 Å². The lowest BCUT2D eigenvalue weighted by molar-refractivity contribution is -0.134. The summed E-state index contributed by atoms with van der Waals surface area (Å²) >= 11 is 0. The van der Waals surface area contributed by atoms with E-state index in [4.69, 9.17) is 14.2 Å². The van der Waals surface area contributed by atoms with E-state index in [1.54, 1.807) is 38.6 Å². The minimum absolute atomic E-state index is 0.0144. The molecule has 11 nitrogen and oxygen atoms in total. The van der Waals surface area contributed by atoms with Gasteiger partial charge in [0, 0.05) is 43.5 Å². The highest BCUT2D eigenvalue weighted by molar-refractivity contribution is 6.13. The fraction of sp³-hybridized carbons (Fsp3) is 0.419. The lowest BCUT2D eigenvalue weighted by atomic mass is 9.98. The van der Waals surface area contributed by atoms with Crippen LogP contribution in [0.4, 0.5) is 10.1 Å². The molecule has 3 aromatic rings. The van der Waals surface area contributed by atoms with Crippen LogP contribution in [-0.4, -0.2) is 75.1 Å². The first-order valence-electron chi connectivity index (χ1n) is 14.3. The summed E-state index contributed by atoms with van der Waals surface area (Å²) in [5, 5.41) is 8.41. The molecule has 12 heteroatoms. The number of anilines is 1. The van der Waals surface area contributed by atoms with Crippen molar-refractivity contribution in [3.05, 3.63) is 48.4 Å². The number of rotatable bonds is 11. The first kappa shape index (κ1) is 30.0. The number of hydrogen-bond donors (Lipinski definition) is 3. The van der Waals surface area contributed by atoms with Gasteiger partial charge in [-0.1, -0.05) is 0 Å². The van der Waals surface area contributed by atoms with Gasteiger partial charge in [0.2, 0.25) is 17.7 Å². The smallest absolute Gasteiger partial charge is 0.240 e. The molecule has 3 amide bonds. The summed E-state index contributed by atoms with van der Waals surface area (Å²) in [5.74, 6) is 0.232. The highest BCUT2D eigenvalue weighted by atomic mass is 19.1. The molecule has 0 bridgehead atoms. The third-order valence-electron chi connectivity index (χ3n) is 8.07. The highest BCUT2D eigenvalue weighted by Crippen LogP contribution is 2.47. The molecule has 5 rings (SSSR count). The minimum atomic E-state index is -1.09. The number of carbonyl (C=O) groups excluding carboxylic acids is 3. The van der Waals surface area contributed by atoms with Gasteiger partial charge in [-0.25, -0.2) is 4.39 Å². The molecule has 2 heterocycles. The van der Waals surface area contributed by atoms with E-state index in [1.807, 2.05) is 0 Å². The Morgan fingerprint density at radius 3 is 2.40 bits per heavy atom. The number of nitrogens with one attached hydrogen (secondary N) is 3. The van der Waals surface area contributed by atoms with E-state index in [0.29, 0.717) is 60.1 Å². The number of pyridine rings is 1. The summed E-state index contributed by atoms with van der Waals surface area (Å²) in [5.41, 5.74) is -0.282. The third-order valence-corrected chi connectivity index (χ3v) is 8.07. The number of carbonyl (C=O) groups is 3. The first-order valence-corrected chi connectivity index (χ1v) is 14.3. The Kier molecular flexibility index (Phi) is 8.95. The molecule has 1 aliphatic heterocycles. The summed E-state index contributed by atoms with van der Waals surface area (Å²) in [7, 11) is 4.67. The van der Waals surface area contributed by atoms with Crippen LogP contribution in [0.25, 0.3) is 10.9 Å². The fourth-order valence-electron chi connectivity index (χ4n) is 5.24. The number of nitrogens with zero attached hydrogens (tertiary/aromatic N) is 2. The molecule has 0 radical (unpaired) electrons. The maximum atomic E-state index is 15.1. The van der Waals surface area contributed by atoms with Crippen LogP contribution in [0.3, 0.4) is 0 Å². The predicted octanol–water partition coefficient (Wildman–Crippen LogP) is 3.48. The zero-order valence-electron chi connectivity index (χ0n) is 24.5. The average Bonchev–Trinajstić information content (AvgIpc) is 3.83. The first-order chi connectivity index (χ1) is 20.8. The predicted molar refractivity (Wildman–Crippen MR) is 158 cm³/mol. The van der Waals surface area contributed by atoms with E-state index in [1.165, 1.54) is 19.2 Å². The average molecular weight is 594 g/mol. The molecule has 1 aromatic heterocycles. The Hall–Kier alpha value is -4.45. The number of benzene rings is 2. The molecule has 0 atom stereocenters. The number of hydrogen-bond acceptors (Lipinski definition) is 8. The number of piperidine rings is 1. The maximum absolute atomic E-state index is 15.1. The standard InChI is InChI=1S/C31H36FN5O6/c1-33-28(38)17-37-12-7-19(8-13-37)18-42-27-16-23-21(15-26(27)41-3)24(6-11-35-23)43-25-5-4-20(14-22(25)32)36-30(40)31(9-10-31)29(39)34-2/h4-6,11,14-16,19H,7-10,12-13,17-18H2,1-3H3,(H,33,38)(H,34,39)(H,36,40). The van der Waals surface area contributed by atoms with Gasteiger partial charge in [0.25, 0.3) is 0 Å². The minimum Gasteiger partial charge on any atom is -0.493 e. The molecule has 228 valence electrons. The molecule has 0 unspecified atom stereocenters. The lowest BCUT2D eigenvalue weighted by Crippen LogP contribution is -2.41. The highest BCUT2D eigenvalue weighted by Gasteiger charge is 2.56. The van der Waals surface area contributed by atoms with Gasteiger partial charge in [0.05, 0.1) is 25.8 Å². The van der Waals surface area contributed by atoms with Gasteiger partial charge < -0.3 is 30.2 Å². The summed E-state index contributed by atoms with van der Waals surface area (Å²) in [6.45, 7) is 2.58. The van der Waals surface area contributed by atoms with Crippen LogP contribution in [0.2, 0.25) is 0 Å². The number of ether oxygens (including phenoxy) is 3. The van der Waals surface area contributed by atoms with Gasteiger partial charge in [-0.3, -0.25) is 24.3 Å². The second kappa shape index (κ2) is 12.8. The van der Waals surface area contributed by atoms with Crippen LogP contribution in [0.1, 0.15) is 25.7 Å². The van der Waals surface area contributed by atoms with Crippen LogP contribution >= 0.6 is 0 Å². The van der Waals surface area contributed by atoms with Crippen molar-refractivity contribution in [3.8, 4) is 23.0 Å². The number of amides is 3. The van der Waals surface area contributed by atoms with E-state index in [0.717, 1.165) is 32.0 Å². The molecule has 43 heavy (non-hydrogen) atoms. The Morgan fingerprint density at radius 1 is 0.977 bits per heavy atom. The summed E-state index contributed by atoms with van der Waals surface area (Å²) < 4.78 is 32.8. The molecule has 2 aromatic carbocycles. The molecule has 2 fully saturated rings. The Balaban J connectivity index is 1.25. The largest absolute Gasteiger partial charge is 0.493 e. The second-order valence-electron chi connectivity index (χ2n) is 10.9. The summed E-state index contributed by atoms with van der Waals surface area (Å²) in [6.07, 6.45) is 4.31. The molecule has 0 spiro atoms. The van der Waals surface area contributed by atoms with Crippen molar-refractivity contribution in [2.75, 3.05) is 52.8 Å². The molecule has 3 N–H and O–H groups in total. The number of aromatic nitrogens is 1. The van der Waals surface area contributed by atoms with Crippen LogP contribution in [0, 0.1) is 17.2 Å². The van der Waals surface area contributed by atoms with Crippen molar-refractivity contribution in [2.45, 2.75) is 25.7 Å². The summed E-state index contributed by atoms with van der Waals surface area (Å²) in [6, 6.07) is 9.26. The van der Waals surface area contributed by atoms with Crippen molar-refractivity contribution in [3.63, 3.8) is 0 Å². The topological polar surface area (TPSA) is 131 Å². The Labute approximate surface area is 249 Å². The normalized spacial score (nSPS) is 16.3. The summed E-state index contributed by atoms with van der Waals surface area (Å²) in [4.78, 5) is 43.0. The van der Waals surface area contributed by atoms with Crippen LogP contribution in [0.15, 0.2) is 42.6 Å². The quantitative estimate of drug-likeness (QED) is 0.288. The molecule has 2 aliphatic rings. The van der Waals surface area contributed by atoms with Crippen molar-refractivity contribution >= 4 is 34.3 Å². The van der Waals surface area contributed by atoms with Gasteiger partial charge in [-0.05, 0) is 69.0 Å². The third kappa shape index (κ3) is 6.64. The van der Waals surface area contributed by atoms with Gasteiger partial charge >= 0.3 is 0 Å². The van der Waals surface area contributed by atoms with Crippen LogP contribution < -0.4 is 30.2 Å². The molecule has 1 saturated heterocycles. The Morgan fingerprint density at radius 2 is 1.74 bits per heavy atom. The number of likely N-dealkylation sites (N-methyl/N-ethyl adjacent to an activating group) is 1. The van der Waals surface area contributed by atoms with Crippen molar-refractivity contribution in [2.24, 2.45) is 11.3 Å². The van der Waals surface area contributed by atoms with Crippen LogP contribution in [-0.2, 0) is 14.4 Å².